The number of hydrogen-bond acceptors (Lipinski definition) is 7. The van der Waals surface area contributed by atoms with Gasteiger partial charge < -0.3 is 26.0 Å². The second-order valence-corrected chi connectivity index (χ2v) is 7.93. The molecule has 4 N–H and O–H groups in total. The van der Waals surface area contributed by atoms with Crippen LogP contribution in [-0.4, -0.2) is 35.6 Å². The molecule has 7 nitrogen and oxygen atoms in total. The maximum Gasteiger partial charge on any atom is 0.229 e. The average Bonchev–Trinajstić information content (AvgIpc) is 2.72. The number of aromatic nitrogens is 2. The second-order valence-electron chi connectivity index (χ2n) is 7.52. The minimum atomic E-state index is 0.427. The second kappa shape index (κ2) is 8.38. The van der Waals surface area contributed by atoms with Crippen molar-refractivity contribution in [2.75, 3.05) is 37.1 Å². The van der Waals surface area contributed by atoms with Crippen LogP contribution in [0.15, 0.2) is 36.5 Å². The molecule has 0 atom stereocenters. The Labute approximate surface area is 181 Å². The highest BCUT2D eigenvalue weighted by molar-refractivity contribution is 6.32. The third-order valence-corrected chi connectivity index (χ3v) is 5.50. The van der Waals surface area contributed by atoms with Gasteiger partial charge in [-0.25, -0.2) is 4.98 Å². The first-order chi connectivity index (χ1) is 14.4. The van der Waals surface area contributed by atoms with Gasteiger partial charge in [0.15, 0.2) is 5.82 Å². The van der Waals surface area contributed by atoms with Gasteiger partial charge >= 0.3 is 0 Å². The van der Waals surface area contributed by atoms with Gasteiger partial charge in [-0.1, -0.05) is 11.6 Å². The van der Waals surface area contributed by atoms with Crippen molar-refractivity contribution in [2.45, 2.75) is 19.9 Å². The lowest BCUT2D eigenvalue weighted by molar-refractivity contribution is 0.312. The van der Waals surface area contributed by atoms with Gasteiger partial charge in [0.25, 0.3) is 0 Å². The first kappa shape index (κ1) is 20.3. The molecule has 1 aromatic heterocycles. The van der Waals surface area contributed by atoms with E-state index in [1.165, 1.54) is 11.1 Å². The Balaban J connectivity index is 1.62. The lowest BCUT2D eigenvalue weighted by Crippen LogP contribution is -2.26. The Kier molecular flexibility index (Phi) is 5.65. The Morgan fingerprint density at radius 3 is 2.73 bits per heavy atom. The summed E-state index contributed by atoms with van der Waals surface area (Å²) in [4.78, 5) is 11.2. The van der Waals surface area contributed by atoms with Gasteiger partial charge in [-0.2, -0.15) is 4.98 Å². The van der Waals surface area contributed by atoms with Gasteiger partial charge in [0, 0.05) is 24.5 Å². The van der Waals surface area contributed by atoms with Crippen molar-refractivity contribution in [1.82, 2.24) is 14.9 Å². The number of halogens is 1. The van der Waals surface area contributed by atoms with Crippen LogP contribution in [0.2, 0.25) is 5.02 Å². The minimum Gasteiger partial charge on any atom is -0.495 e. The number of fused-ring (bicyclic) bond motifs is 1. The summed E-state index contributed by atoms with van der Waals surface area (Å²) in [5, 5.41) is 6.97. The van der Waals surface area contributed by atoms with Gasteiger partial charge in [0.05, 0.1) is 19.0 Å². The SMILES string of the molecule is COc1cc2c(cc1Nc1ncc(Cl)c(Nc3ccc(N)cc3C)n1)CN(C)CC2. The molecule has 0 aliphatic carbocycles. The number of ether oxygens (including phenoxy) is 1. The lowest BCUT2D eigenvalue weighted by Gasteiger charge is -2.26. The quantitative estimate of drug-likeness (QED) is 0.519. The van der Waals surface area contributed by atoms with E-state index in [1.807, 2.05) is 25.1 Å². The summed E-state index contributed by atoms with van der Waals surface area (Å²) in [7, 11) is 3.79. The van der Waals surface area contributed by atoms with Crippen LogP contribution in [0.25, 0.3) is 0 Å². The van der Waals surface area contributed by atoms with E-state index in [4.69, 9.17) is 22.1 Å². The molecule has 2 heterocycles. The number of nitrogen functional groups attached to an aromatic ring is 1. The maximum atomic E-state index is 6.33. The molecule has 0 saturated carbocycles. The number of nitrogens with one attached hydrogen (secondary N) is 2. The fourth-order valence-electron chi connectivity index (χ4n) is 3.58. The van der Waals surface area contributed by atoms with Crippen LogP contribution in [0.5, 0.6) is 5.75 Å². The Bertz CT molecular complexity index is 1090. The van der Waals surface area contributed by atoms with Crippen LogP contribution in [0.4, 0.5) is 28.8 Å². The number of anilines is 5. The highest BCUT2D eigenvalue weighted by atomic mass is 35.5. The molecule has 8 heteroatoms. The fourth-order valence-corrected chi connectivity index (χ4v) is 3.72. The first-order valence-corrected chi connectivity index (χ1v) is 10.1. The highest BCUT2D eigenvalue weighted by Crippen LogP contribution is 2.34. The van der Waals surface area contributed by atoms with Gasteiger partial charge in [0.2, 0.25) is 5.95 Å². The number of rotatable bonds is 5. The van der Waals surface area contributed by atoms with Crippen molar-refractivity contribution in [3.05, 3.63) is 58.2 Å². The molecule has 4 rings (SSSR count). The molecule has 0 saturated heterocycles. The van der Waals surface area contributed by atoms with Crippen molar-refractivity contribution in [3.63, 3.8) is 0 Å². The molecular weight excluding hydrogens is 400 g/mol. The van der Waals surface area contributed by atoms with E-state index in [1.54, 1.807) is 13.3 Å². The predicted octanol–water partition coefficient (Wildman–Crippen LogP) is 4.50. The Hall–Kier alpha value is -3.03. The van der Waals surface area contributed by atoms with Crippen molar-refractivity contribution >= 4 is 40.4 Å². The molecule has 0 bridgehead atoms. The molecule has 156 valence electrons. The molecule has 0 unspecified atom stereocenters. The fraction of sp³-hybridized carbons (Fsp3) is 0.273. The number of hydrogen-bond donors (Lipinski definition) is 3. The predicted molar refractivity (Wildman–Crippen MR) is 122 cm³/mol. The molecule has 0 spiro atoms. The number of nitrogens with zero attached hydrogens (tertiary/aromatic N) is 3. The van der Waals surface area contributed by atoms with Crippen LogP contribution in [0, 0.1) is 6.92 Å². The van der Waals surface area contributed by atoms with E-state index in [0.29, 0.717) is 22.5 Å². The molecule has 0 radical (unpaired) electrons. The highest BCUT2D eigenvalue weighted by Gasteiger charge is 2.18. The molecule has 0 amide bonds. The number of benzene rings is 2. The summed E-state index contributed by atoms with van der Waals surface area (Å²) in [6.07, 6.45) is 2.58. The van der Waals surface area contributed by atoms with Gasteiger partial charge in [-0.3, -0.25) is 0 Å². The monoisotopic (exact) mass is 424 g/mol. The van der Waals surface area contributed by atoms with Crippen molar-refractivity contribution in [2.24, 2.45) is 0 Å². The van der Waals surface area contributed by atoms with Crippen LogP contribution in [0.1, 0.15) is 16.7 Å². The standard InChI is InChI=1S/C22H25ClN6O/c1-13-8-16(24)4-5-18(13)26-21-17(23)11-25-22(28-21)27-19-9-15-12-29(2)7-6-14(15)10-20(19)30-3/h4-5,8-11H,6-7,12,24H2,1-3H3,(H2,25,26,27,28). The maximum absolute atomic E-state index is 6.33. The molecule has 30 heavy (non-hydrogen) atoms. The van der Waals surface area contributed by atoms with Gasteiger partial charge in [-0.05, 0) is 67.4 Å². The summed E-state index contributed by atoms with van der Waals surface area (Å²) in [6, 6.07) is 9.83. The zero-order valence-corrected chi connectivity index (χ0v) is 18.0. The summed E-state index contributed by atoms with van der Waals surface area (Å²) in [6.45, 7) is 3.92. The van der Waals surface area contributed by atoms with Gasteiger partial charge in [0.1, 0.15) is 10.8 Å². The van der Waals surface area contributed by atoms with E-state index in [-0.39, 0.29) is 0 Å². The van der Waals surface area contributed by atoms with Gasteiger partial charge in [-0.15, -0.1) is 0 Å². The first-order valence-electron chi connectivity index (χ1n) is 9.74. The largest absolute Gasteiger partial charge is 0.495 e. The van der Waals surface area contributed by atoms with E-state index < -0.39 is 0 Å². The third-order valence-electron chi connectivity index (χ3n) is 5.22. The summed E-state index contributed by atoms with van der Waals surface area (Å²) in [5.41, 5.74) is 11.8. The zero-order valence-electron chi connectivity index (χ0n) is 17.3. The normalized spacial score (nSPS) is 13.6. The molecule has 0 fully saturated rings. The summed E-state index contributed by atoms with van der Waals surface area (Å²) >= 11 is 6.33. The van der Waals surface area contributed by atoms with E-state index in [2.05, 4.69) is 44.7 Å². The van der Waals surface area contributed by atoms with Crippen LogP contribution in [0.3, 0.4) is 0 Å². The number of likely N-dealkylation sites (N-methyl/N-ethyl adjacent to an activating group) is 1. The topological polar surface area (TPSA) is 88.3 Å². The van der Waals surface area contributed by atoms with Crippen molar-refractivity contribution in [1.29, 1.82) is 0 Å². The van der Waals surface area contributed by atoms with E-state index in [0.717, 1.165) is 42.2 Å². The lowest BCUT2D eigenvalue weighted by atomic mass is 9.99. The van der Waals surface area contributed by atoms with Crippen LogP contribution >= 0.6 is 11.6 Å². The molecular formula is C22H25ClN6O. The molecule has 1 aliphatic heterocycles. The third kappa shape index (κ3) is 4.27. The minimum absolute atomic E-state index is 0.427. The number of aryl methyl sites for hydroxylation is 1. The van der Waals surface area contributed by atoms with Crippen LogP contribution in [-0.2, 0) is 13.0 Å². The van der Waals surface area contributed by atoms with Crippen molar-refractivity contribution < 1.29 is 4.74 Å². The average molecular weight is 425 g/mol. The number of methoxy groups -OCH3 is 1. The molecule has 2 aromatic carbocycles. The van der Waals surface area contributed by atoms with E-state index >= 15 is 0 Å². The molecule has 3 aromatic rings. The number of nitrogens with two attached hydrogens (primary N) is 1. The Morgan fingerprint density at radius 2 is 1.97 bits per heavy atom. The zero-order chi connectivity index (χ0) is 21.3. The molecule has 1 aliphatic rings. The van der Waals surface area contributed by atoms with Crippen LogP contribution < -0.4 is 21.1 Å². The smallest absolute Gasteiger partial charge is 0.229 e. The summed E-state index contributed by atoms with van der Waals surface area (Å²) in [5.74, 6) is 1.71. The summed E-state index contributed by atoms with van der Waals surface area (Å²) < 4.78 is 5.60. The van der Waals surface area contributed by atoms with E-state index in [9.17, 15) is 0 Å². The Morgan fingerprint density at radius 1 is 1.13 bits per heavy atom. The van der Waals surface area contributed by atoms with Crippen molar-refractivity contribution in [3.8, 4) is 5.75 Å².